The van der Waals surface area contributed by atoms with Crippen LogP contribution < -0.4 is 0 Å². The largest absolute Gasteiger partial charge is 0.217 e. The second-order valence-corrected chi connectivity index (χ2v) is 4.43. The number of hydrogen-bond donors (Lipinski definition) is 0. The topological polar surface area (TPSA) is 43.6 Å². The fourth-order valence-electron chi connectivity index (χ4n) is 0.585. The molecule has 4 nitrogen and oxygen atoms in total. The molecule has 11 heavy (non-hydrogen) atoms. The lowest BCUT2D eigenvalue weighted by Gasteiger charge is -1.96. The molecule has 0 amide bonds. The standard InChI is InChI=1S/C5H7IN4S/c1-2-3-10-5(11-4-6)7-8-9-10/h2H,1,3-4H2. The first-order chi connectivity index (χ1) is 5.38. The molecule has 0 unspecified atom stereocenters. The molecule has 1 aromatic heterocycles. The summed E-state index contributed by atoms with van der Waals surface area (Å²) >= 11 is 3.88. The van der Waals surface area contributed by atoms with E-state index >= 15 is 0 Å². The quantitative estimate of drug-likeness (QED) is 0.362. The lowest BCUT2D eigenvalue weighted by atomic mass is 10.6. The van der Waals surface area contributed by atoms with E-state index < -0.39 is 0 Å². The van der Waals surface area contributed by atoms with Gasteiger partial charge in [0.05, 0.1) is 10.3 Å². The third-order valence-corrected chi connectivity index (χ3v) is 2.58. The summed E-state index contributed by atoms with van der Waals surface area (Å²) in [7, 11) is 0. The minimum absolute atomic E-state index is 0.673. The highest BCUT2D eigenvalue weighted by Crippen LogP contribution is 2.15. The van der Waals surface area contributed by atoms with E-state index in [1.165, 1.54) is 0 Å². The summed E-state index contributed by atoms with van der Waals surface area (Å²) in [4.78, 5) is 0. The second kappa shape index (κ2) is 4.70. The Bertz CT molecular complexity index is 236. The molecule has 1 aromatic rings. The van der Waals surface area contributed by atoms with Gasteiger partial charge in [-0.1, -0.05) is 40.4 Å². The van der Waals surface area contributed by atoms with E-state index in [2.05, 4.69) is 44.7 Å². The van der Waals surface area contributed by atoms with Crippen LogP contribution in [0.25, 0.3) is 0 Å². The Morgan fingerprint density at radius 2 is 2.55 bits per heavy atom. The summed E-state index contributed by atoms with van der Waals surface area (Å²) in [6.45, 7) is 4.28. The van der Waals surface area contributed by atoms with Crippen LogP contribution in [0.15, 0.2) is 17.8 Å². The van der Waals surface area contributed by atoms with Crippen LogP contribution in [0.2, 0.25) is 0 Å². The van der Waals surface area contributed by atoms with Gasteiger partial charge in [0.15, 0.2) is 0 Å². The van der Waals surface area contributed by atoms with E-state index in [0.717, 1.165) is 8.92 Å². The van der Waals surface area contributed by atoms with E-state index in [1.54, 1.807) is 22.5 Å². The molecule has 0 bridgehead atoms. The average molecular weight is 282 g/mol. The first kappa shape index (κ1) is 8.98. The SMILES string of the molecule is C=CCn1nnnc1SCI. The molecule has 1 rings (SSSR count). The lowest BCUT2D eigenvalue weighted by Crippen LogP contribution is -1.99. The van der Waals surface area contributed by atoms with Crippen LogP contribution in [0.3, 0.4) is 0 Å². The second-order valence-electron chi connectivity index (χ2n) is 1.69. The van der Waals surface area contributed by atoms with E-state index in [1.807, 2.05) is 0 Å². The monoisotopic (exact) mass is 282 g/mol. The van der Waals surface area contributed by atoms with Crippen molar-refractivity contribution in [2.24, 2.45) is 0 Å². The molecule has 0 radical (unpaired) electrons. The van der Waals surface area contributed by atoms with Gasteiger partial charge in [0.25, 0.3) is 0 Å². The molecular weight excluding hydrogens is 275 g/mol. The van der Waals surface area contributed by atoms with Crippen molar-refractivity contribution in [3.63, 3.8) is 0 Å². The summed E-state index contributed by atoms with van der Waals surface area (Å²) in [5, 5.41) is 12.0. The number of rotatable bonds is 4. The lowest BCUT2D eigenvalue weighted by molar-refractivity contribution is 0.615. The Hall–Kier alpha value is -0.110. The smallest absolute Gasteiger partial charge is 0.210 e. The zero-order chi connectivity index (χ0) is 8.10. The highest BCUT2D eigenvalue weighted by atomic mass is 127. The maximum atomic E-state index is 3.84. The van der Waals surface area contributed by atoms with Gasteiger partial charge in [-0.25, -0.2) is 4.68 Å². The number of halogens is 1. The summed E-state index contributed by atoms with van der Waals surface area (Å²) in [6.07, 6.45) is 1.77. The van der Waals surface area contributed by atoms with Crippen LogP contribution in [-0.4, -0.2) is 24.0 Å². The predicted molar refractivity (Wildman–Crippen MR) is 52.8 cm³/mol. The summed E-state index contributed by atoms with van der Waals surface area (Å²) in [6, 6.07) is 0. The Balaban J connectivity index is 2.69. The average Bonchev–Trinajstić information content (AvgIpc) is 2.39. The van der Waals surface area contributed by atoms with Crippen LogP contribution in [-0.2, 0) is 6.54 Å². The van der Waals surface area contributed by atoms with Gasteiger partial charge in [-0.3, -0.25) is 0 Å². The predicted octanol–water partition coefficient (Wildman–Crippen LogP) is 1.34. The van der Waals surface area contributed by atoms with Crippen molar-refractivity contribution in [2.45, 2.75) is 11.7 Å². The van der Waals surface area contributed by atoms with Crippen molar-refractivity contribution in [1.82, 2.24) is 20.2 Å². The van der Waals surface area contributed by atoms with Crippen molar-refractivity contribution in [1.29, 1.82) is 0 Å². The van der Waals surface area contributed by atoms with Gasteiger partial charge in [0.2, 0.25) is 5.16 Å². The number of tetrazole rings is 1. The van der Waals surface area contributed by atoms with Crippen LogP contribution in [0.5, 0.6) is 0 Å². The van der Waals surface area contributed by atoms with Gasteiger partial charge >= 0.3 is 0 Å². The van der Waals surface area contributed by atoms with Gasteiger partial charge in [0, 0.05) is 0 Å². The molecule has 0 aliphatic heterocycles. The number of allylic oxidation sites excluding steroid dienone is 1. The molecule has 0 aromatic carbocycles. The first-order valence-electron chi connectivity index (χ1n) is 2.94. The fraction of sp³-hybridized carbons (Fsp3) is 0.400. The minimum atomic E-state index is 0.673. The Labute approximate surface area is 82.6 Å². The van der Waals surface area contributed by atoms with Crippen LogP contribution in [0.1, 0.15) is 0 Å². The molecule has 0 spiro atoms. The number of thioether (sulfide) groups is 1. The van der Waals surface area contributed by atoms with Crippen molar-refractivity contribution < 1.29 is 0 Å². The van der Waals surface area contributed by atoms with Crippen LogP contribution in [0.4, 0.5) is 0 Å². The van der Waals surface area contributed by atoms with Gasteiger partial charge in [-0.2, -0.15) is 0 Å². The molecule has 0 N–H and O–H groups in total. The minimum Gasteiger partial charge on any atom is -0.217 e. The summed E-state index contributed by atoms with van der Waals surface area (Å²) in [5.74, 6) is 0. The van der Waals surface area contributed by atoms with Crippen LogP contribution >= 0.6 is 34.4 Å². The molecule has 0 aliphatic carbocycles. The molecule has 0 fully saturated rings. The zero-order valence-electron chi connectivity index (χ0n) is 5.77. The number of aromatic nitrogens is 4. The van der Waals surface area contributed by atoms with Gasteiger partial charge in [-0.15, -0.1) is 11.7 Å². The van der Waals surface area contributed by atoms with Crippen molar-refractivity contribution in [3.8, 4) is 0 Å². The molecule has 60 valence electrons. The Kier molecular flexibility index (Phi) is 3.84. The Morgan fingerprint density at radius 3 is 3.18 bits per heavy atom. The van der Waals surface area contributed by atoms with Crippen molar-refractivity contribution in [3.05, 3.63) is 12.7 Å². The number of hydrogen-bond acceptors (Lipinski definition) is 4. The van der Waals surface area contributed by atoms with E-state index in [9.17, 15) is 0 Å². The highest BCUT2D eigenvalue weighted by Gasteiger charge is 2.02. The molecule has 0 saturated carbocycles. The van der Waals surface area contributed by atoms with Crippen molar-refractivity contribution >= 4 is 34.4 Å². The van der Waals surface area contributed by atoms with Gasteiger partial charge in [0.1, 0.15) is 0 Å². The molecule has 6 heteroatoms. The maximum Gasteiger partial charge on any atom is 0.210 e. The third kappa shape index (κ3) is 2.44. The maximum absolute atomic E-state index is 3.84. The van der Waals surface area contributed by atoms with Gasteiger partial charge < -0.3 is 0 Å². The van der Waals surface area contributed by atoms with Crippen molar-refractivity contribution in [2.75, 3.05) is 3.76 Å². The molecule has 1 heterocycles. The number of nitrogens with zero attached hydrogens (tertiary/aromatic N) is 4. The highest BCUT2D eigenvalue weighted by molar-refractivity contribution is 14.1. The first-order valence-corrected chi connectivity index (χ1v) is 5.45. The van der Waals surface area contributed by atoms with E-state index in [0.29, 0.717) is 6.54 Å². The number of alkyl halides is 1. The molecule has 0 saturated heterocycles. The molecule has 0 atom stereocenters. The fourth-order valence-corrected chi connectivity index (χ4v) is 1.87. The summed E-state index contributed by atoms with van der Waals surface area (Å²) < 4.78 is 2.67. The van der Waals surface area contributed by atoms with Gasteiger partial charge in [-0.05, 0) is 10.4 Å². The zero-order valence-corrected chi connectivity index (χ0v) is 8.75. The summed E-state index contributed by atoms with van der Waals surface area (Å²) in [5.41, 5.74) is 0. The Morgan fingerprint density at radius 1 is 1.73 bits per heavy atom. The molecular formula is C5H7IN4S. The third-order valence-electron chi connectivity index (χ3n) is 0.985. The molecule has 0 aliphatic rings. The normalized spacial score (nSPS) is 9.91. The van der Waals surface area contributed by atoms with E-state index in [-0.39, 0.29) is 0 Å². The van der Waals surface area contributed by atoms with Crippen LogP contribution in [0, 0.1) is 0 Å². The van der Waals surface area contributed by atoms with E-state index in [4.69, 9.17) is 0 Å².